The van der Waals surface area contributed by atoms with Crippen LogP contribution in [0.5, 0.6) is 0 Å². The van der Waals surface area contributed by atoms with E-state index < -0.39 is 5.54 Å². The number of imide groups is 1. The van der Waals surface area contributed by atoms with Gasteiger partial charge in [0, 0.05) is 33.2 Å². The van der Waals surface area contributed by atoms with Gasteiger partial charge in [0.1, 0.15) is 5.54 Å². The average molecular weight is 351 g/mol. The number of piperidine rings is 1. The number of amides is 3. The molecule has 3 atom stereocenters. The van der Waals surface area contributed by atoms with Gasteiger partial charge in [0.2, 0.25) is 0 Å². The van der Waals surface area contributed by atoms with Crippen LogP contribution in [-0.2, 0) is 4.79 Å². The molecule has 2 rings (SSSR count). The van der Waals surface area contributed by atoms with Crippen LogP contribution in [0.15, 0.2) is 4.99 Å². The van der Waals surface area contributed by atoms with Crippen LogP contribution < -0.4 is 10.6 Å². The number of carbonyl (C=O) groups is 2. The molecule has 0 bridgehead atoms. The normalized spacial score (nSPS) is 30.7. The molecule has 2 fully saturated rings. The molecule has 2 aliphatic heterocycles. The number of hydrogen-bond acceptors (Lipinski definition) is 3. The lowest BCUT2D eigenvalue weighted by atomic mass is 9.92. The largest absolute Gasteiger partial charge is 0.356 e. The summed E-state index contributed by atoms with van der Waals surface area (Å²) in [6, 6.07) is -0.280. The van der Waals surface area contributed by atoms with E-state index in [0.717, 1.165) is 19.0 Å². The molecule has 2 aliphatic rings. The fourth-order valence-electron chi connectivity index (χ4n) is 3.80. The SMILES string of the molecule is CCC1(C)NC(=O)N(CCCNC(=NC)N2CC(C)CC(C)C2)C1=O. The smallest absolute Gasteiger partial charge is 0.325 e. The number of nitrogens with one attached hydrogen (secondary N) is 2. The molecule has 25 heavy (non-hydrogen) atoms. The number of rotatable bonds is 5. The minimum Gasteiger partial charge on any atom is -0.356 e. The standard InChI is InChI=1S/C18H33N5O2/c1-6-18(4)15(24)23(17(25)21-18)9-7-8-20-16(19-5)22-11-13(2)10-14(3)12-22/h13-14H,6-12H2,1-5H3,(H,19,20)(H,21,25). The van der Waals surface area contributed by atoms with Crippen molar-refractivity contribution < 1.29 is 9.59 Å². The van der Waals surface area contributed by atoms with Gasteiger partial charge >= 0.3 is 6.03 Å². The number of guanidine groups is 1. The van der Waals surface area contributed by atoms with E-state index in [0.29, 0.717) is 37.8 Å². The fraction of sp³-hybridized carbons (Fsp3) is 0.833. The van der Waals surface area contributed by atoms with Crippen LogP contribution in [-0.4, -0.2) is 66.5 Å². The molecule has 3 amide bonds. The van der Waals surface area contributed by atoms with Crippen LogP contribution in [0.2, 0.25) is 0 Å². The van der Waals surface area contributed by atoms with E-state index in [4.69, 9.17) is 0 Å². The molecule has 3 unspecified atom stereocenters. The quantitative estimate of drug-likeness (QED) is 0.342. The molecule has 0 aromatic rings. The summed E-state index contributed by atoms with van der Waals surface area (Å²) in [4.78, 5) is 32.4. The minimum atomic E-state index is -0.749. The van der Waals surface area contributed by atoms with Gasteiger partial charge in [-0.1, -0.05) is 20.8 Å². The maximum Gasteiger partial charge on any atom is 0.325 e. The third-order valence-corrected chi connectivity index (χ3v) is 5.27. The average Bonchev–Trinajstić information content (AvgIpc) is 2.77. The first-order valence-electron chi connectivity index (χ1n) is 9.40. The van der Waals surface area contributed by atoms with Gasteiger partial charge in [-0.25, -0.2) is 4.79 Å². The van der Waals surface area contributed by atoms with Crippen molar-refractivity contribution >= 4 is 17.9 Å². The molecule has 142 valence electrons. The van der Waals surface area contributed by atoms with Crippen LogP contribution in [0, 0.1) is 11.8 Å². The fourth-order valence-corrected chi connectivity index (χ4v) is 3.80. The molecule has 0 radical (unpaired) electrons. The Bertz CT molecular complexity index is 526. The molecular weight excluding hydrogens is 318 g/mol. The molecular formula is C18H33N5O2. The highest BCUT2D eigenvalue weighted by Gasteiger charge is 2.45. The molecule has 2 saturated heterocycles. The van der Waals surface area contributed by atoms with Crippen LogP contribution >= 0.6 is 0 Å². The second kappa shape index (κ2) is 8.06. The number of aliphatic imine (C=N–C) groups is 1. The maximum atomic E-state index is 12.4. The van der Waals surface area contributed by atoms with Gasteiger partial charge in [-0.3, -0.25) is 14.7 Å². The molecule has 0 spiro atoms. The first-order valence-corrected chi connectivity index (χ1v) is 9.40. The van der Waals surface area contributed by atoms with Crippen molar-refractivity contribution in [2.75, 3.05) is 33.2 Å². The van der Waals surface area contributed by atoms with Crippen molar-refractivity contribution in [1.82, 2.24) is 20.4 Å². The molecule has 2 heterocycles. The van der Waals surface area contributed by atoms with Crippen molar-refractivity contribution in [3.8, 4) is 0 Å². The number of hydrogen-bond donors (Lipinski definition) is 2. The van der Waals surface area contributed by atoms with Gasteiger partial charge in [-0.05, 0) is 38.0 Å². The summed E-state index contributed by atoms with van der Waals surface area (Å²) in [5.74, 6) is 2.12. The summed E-state index contributed by atoms with van der Waals surface area (Å²) in [6.45, 7) is 11.4. The van der Waals surface area contributed by atoms with E-state index in [2.05, 4.69) is 34.4 Å². The van der Waals surface area contributed by atoms with E-state index in [-0.39, 0.29) is 11.9 Å². The number of carbonyl (C=O) groups excluding carboxylic acids is 2. The predicted octanol–water partition coefficient (Wildman–Crippen LogP) is 1.65. The number of likely N-dealkylation sites (tertiary alicyclic amines) is 1. The zero-order valence-corrected chi connectivity index (χ0v) is 16.3. The zero-order valence-electron chi connectivity index (χ0n) is 16.3. The molecule has 7 heteroatoms. The van der Waals surface area contributed by atoms with E-state index in [1.807, 2.05) is 6.92 Å². The summed E-state index contributed by atoms with van der Waals surface area (Å²) in [6.07, 6.45) is 2.57. The second-order valence-electron chi connectivity index (χ2n) is 7.75. The van der Waals surface area contributed by atoms with E-state index in [9.17, 15) is 9.59 Å². The molecule has 0 saturated carbocycles. The van der Waals surface area contributed by atoms with Gasteiger partial charge in [0.15, 0.2) is 5.96 Å². The topological polar surface area (TPSA) is 77.0 Å². The van der Waals surface area contributed by atoms with Crippen molar-refractivity contribution in [3.63, 3.8) is 0 Å². The lowest BCUT2D eigenvalue weighted by Gasteiger charge is -2.37. The Labute approximate surface area is 151 Å². The van der Waals surface area contributed by atoms with Gasteiger partial charge in [-0.15, -0.1) is 0 Å². The number of urea groups is 1. The van der Waals surface area contributed by atoms with Crippen molar-refractivity contribution in [3.05, 3.63) is 0 Å². The van der Waals surface area contributed by atoms with Gasteiger partial charge in [0.05, 0.1) is 0 Å². The summed E-state index contributed by atoms with van der Waals surface area (Å²) in [7, 11) is 1.80. The highest BCUT2D eigenvalue weighted by atomic mass is 16.2. The highest BCUT2D eigenvalue weighted by molar-refractivity contribution is 6.06. The first kappa shape index (κ1) is 19.5. The third kappa shape index (κ3) is 4.44. The Kier molecular flexibility index (Phi) is 6.30. The van der Waals surface area contributed by atoms with Crippen molar-refractivity contribution in [1.29, 1.82) is 0 Å². The van der Waals surface area contributed by atoms with Gasteiger partial charge < -0.3 is 15.5 Å². The Morgan fingerprint density at radius 1 is 1.32 bits per heavy atom. The van der Waals surface area contributed by atoms with Crippen LogP contribution in [0.25, 0.3) is 0 Å². The summed E-state index contributed by atoms with van der Waals surface area (Å²) >= 11 is 0. The second-order valence-corrected chi connectivity index (χ2v) is 7.75. The van der Waals surface area contributed by atoms with Crippen molar-refractivity contribution in [2.45, 2.75) is 52.5 Å². The van der Waals surface area contributed by atoms with E-state index in [1.165, 1.54) is 11.3 Å². The van der Waals surface area contributed by atoms with Crippen molar-refractivity contribution in [2.24, 2.45) is 16.8 Å². The predicted molar refractivity (Wildman–Crippen MR) is 99.4 cm³/mol. The van der Waals surface area contributed by atoms with Crippen LogP contribution in [0.3, 0.4) is 0 Å². The Morgan fingerprint density at radius 3 is 2.48 bits per heavy atom. The number of nitrogens with zero attached hydrogens (tertiary/aromatic N) is 3. The summed E-state index contributed by atoms with van der Waals surface area (Å²) in [5.41, 5.74) is -0.749. The molecule has 2 N–H and O–H groups in total. The Morgan fingerprint density at radius 2 is 1.96 bits per heavy atom. The van der Waals surface area contributed by atoms with E-state index >= 15 is 0 Å². The van der Waals surface area contributed by atoms with Crippen LogP contribution in [0.4, 0.5) is 4.79 Å². The van der Waals surface area contributed by atoms with Gasteiger partial charge in [-0.2, -0.15) is 0 Å². The molecule has 0 aromatic carbocycles. The third-order valence-electron chi connectivity index (χ3n) is 5.27. The Balaban J connectivity index is 1.80. The van der Waals surface area contributed by atoms with Crippen LogP contribution in [0.1, 0.15) is 47.0 Å². The lowest BCUT2D eigenvalue weighted by molar-refractivity contribution is -0.130. The summed E-state index contributed by atoms with van der Waals surface area (Å²) in [5, 5.41) is 6.16. The molecule has 0 aromatic heterocycles. The van der Waals surface area contributed by atoms with Gasteiger partial charge in [0.25, 0.3) is 5.91 Å². The summed E-state index contributed by atoms with van der Waals surface area (Å²) < 4.78 is 0. The highest BCUT2D eigenvalue weighted by Crippen LogP contribution is 2.22. The van der Waals surface area contributed by atoms with E-state index in [1.54, 1.807) is 14.0 Å². The first-order chi connectivity index (χ1) is 11.8. The minimum absolute atomic E-state index is 0.122. The zero-order chi connectivity index (χ0) is 18.6. The lowest BCUT2D eigenvalue weighted by Crippen LogP contribution is -2.49. The monoisotopic (exact) mass is 351 g/mol. The molecule has 7 nitrogen and oxygen atoms in total. The maximum absolute atomic E-state index is 12.4. The Hall–Kier alpha value is -1.79. The molecule has 0 aliphatic carbocycles.